The molecule has 4 saturated carbocycles. The number of carbonyl (C=O) groups is 4. The predicted molar refractivity (Wildman–Crippen MR) is 206 cm³/mol. The molecule has 1 aromatic carbocycles. The van der Waals surface area contributed by atoms with Crippen molar-refractivity contribution < 1.29 is 57.4 Å². The van der Waals surface area contributed by atoms with Gasteiger partial charge in [-0.15, -0.1) is 0 Å². The first-order valence-electron chi connectivity index (χ1n) is 20.5. The lowest BCUT2D eigenvalue weighted by Gasteiger charge is -2.63. The topological polar surface area (TPSA) is 160 Å². The third kappa shape index (κ3) is 8.19. The number of likely N-dealkylation sites (tertiary alicyclic amines) is 2. The number of amides is 1. The zero-order valence-electron chi connectivity index (χ0n) is 35.6. The van der Waals surface area contributed by atoms with E-state index in [4.69, 9.17) is 33.2 Å². The van der Waals surface area contributed by atoms with Crippen molar-refractivity contribution in [2.24, 2.45) is 23.2 Å². The lowest BCUT2D eigenvalue weighted by Crippen LogP contribution is -2.65. The number of esters is 1. The maximum Gasteiger partial charge on any atom is 0.514 e. The highest BCUT2D eigenvalue weighted by atomic mass is 16.7. The Morgan fingerprint density at radius 2 is 1.47 bits per heavy atom. The number of nitrogens with zero attached hydrogens (tertiary/aromatic N) is 2. The molecule has 1 N–H and O–H groups in total. The monoisotopic (exact) mass is 798 g/mol. The standard InChI is InChI=1S/C43H62N2O12/c1-39(2,3)54-35(48)32-29(51-24-20-44(21-24)23-17-28(34(46)47)45(19-23)37(49)56-40(4,5)6)14-13-25(33(32)53-38(50)57-41(7,8)9)26-18-27(26)36-52-31-16-22-15-30(42(22,10)11)43(31,12)55-36/h13-14,22-24,26-28,30-31,36H,15-21H2,1-12H3,(H,46,47)/t22-,23-,26?,27?,28-,30-,31?,36?,43-/m0/s1. The first kappa shape index (κ1) is 41.5. The van der Waals surface area contributed by atoms with Crippen LogP contribution in [0.3, 0.4) is 0 Å². The van der Waals surface area contributed by atoms with Gasteiger partial charge in [-0.1, -0.05) is 19.9 Å². The number of benzene rings is 1. The van der Waals surface area contributed by atoms with E-state index in [1.165, 1.54) is 4.90 Å². The number of carbonyl (C=O) groups excluding carboxylic acids is 3. The molecule has 4 aliphatic carbocycles. The fourth-order valence-corrected chi connectivity index (χ4v) is 9.77. The smallest absolute Gasteiger partial charge is 0.487 e. The Morgan fingerprint density at radius 1 is 0.825 bits per heavy atom. The minimum atomic E-state index is -1.09. The fraction of sp³-hybridized carbons (Fsp3) is 0.767. The zero-order chi connectivity index (χ0) is 41.8. The Bertz CT molecular complexity index is 1780. The third-order valence-corrected chi connectivity index (χ3v) is 12.8. The van der Waals surface area contributed by atoms with E-state index < -0.39 is 53.3 Å². The molecule has 3 aliphatic heterocycles. The number of aliphatic carboxylic acids is 1. The Hall–Kier alpha value is -3.62. The van der Waals surface area contributed by atoms with Crippen LogP contribution < -0.4 is 9.47 Å². The molecule has 0 spiro atoms. The van der Waals surface area contributed by atoms with Gasteiger partial charge in [0, 0.05) is 31.6 Å². The minimum Gasteiger partial charge on any atom is -0.487 e. The number of hydrogen-bond acceptors (Lipinski definition) is 12. The minimum absolute atomic E-state index is 0.0169. The van der Waals surface area contributed by atoms with Crippen LogP contribution >= 0.6 is 0 Å². The van der Waals surface area contributed by atoms with Crippen molar-refractivity contribution in [3.8, 4) is 11.5 Å². The molecule has 0 radical (unpaired) electrons. The molecule has 7 aliphatic rings. The van der Waals surface area contributed by atoms with Gasteiger partial charge in [-0.2, -0.15) is 0 Å². The van der Waals surface area contributed by atoms with Gasteiger partial charge in [0.1, 0.15) is 40.3 Å². The predicted octanol–water partition coefficient (Wildman–Crippen LogP) is 7.15. The van der Waals surface area contributed by atoms with Gasteiger partial charge < -0.3 is 38.3 Å². The second-order valence-electron chi connectivity index (χ2n) is 20.8. The summed E-state index contributed by atoms with van der Waals surface area (Å²) in [6.45, 7) is 23.6. The van der Waals surface area contributed by atoms with E-state index in [1.807, 2.05) is 6.07 Å². The molecule has 3 heterocycles. The maximum atomic E-state index is 14.2. The van der Waals surface area contributed by atoms with Crippen LogP contribution in [0, 0.1) is 23.2 Å². The number of carboxylic acid groups (broad SMARTS) is 1. The molecule has 316 valence electrons. The summed E-state index contributed by atoms with van der Waals surface area (Å²) in [5.74, 6) is -0.715. The SMILES string of the molecule is CC(C)(C)OC(=O)Oc1c(C2CC2C2OC3C[C@@H]4C[C@@H](C4(C)C)[C@]3(C)O2)ccc(OC2CN([C@H]3C[C@@H](C(=O)O)N(C(=O)OC(C)(C)C)C3)C2)c1C(=O)OC(C)(C)C. The van der Waals surface area contributed by atoms with Crippen LogP contribution in [0.25, 0.3) is 0 Å². The Labute approximate surface area is 336 Å². The summed E-state index contributed by atoms with van der Waals surface area (Å²) in [4.78, 5) is 56.0. The van der Waals surface area contributed by atoms with Gasteiger partial charge in [0.05, 0.1) is 11.7 Å². The summed E-state index contributed by atoms with van der Waals surface area (Å²) < 4.78 is 43.0. The molecule has 0 aromatic heterocycles. The van der Waals surface area contributed by atoms with Crippen molar-refractivity contribution in [1.29, 1.82) is 0 Å². The van der Waals surface area contributed by atoms with Crippen LogP contribution in [-0.4, -0.2) is 112 Å². The molecule has 14 heteroatoms. The molecule has 7 fully saturated rings. The summed E-state index contributed by atoms with van der Waals surface area (Å²) in [5.41, 5.74) is -2.06. The average Bonchev–Trinajstić information content (AvgIpc) is 3.54. The van der Waals surface area contributed by atoms with Crippen LogP contribution in [0.1, 0.15) is 131 Å². The largest absolute Gasteiger partial charge is 0.514 e. The van der Waals surface area contributed by atoms with Gasteiger partial charge in [0.15, 0.2) is 12.0 Å². The lowest BCUT2D eigenvalue weighted by molar-refractivity contribution is -0.210. The summed E-state index contributed by atoms with van der Waals surface area (Å²) in [6, 6.07) is 2.32. The second-order valence-corrected chi connectivity index (χ2v) is 20.8. The van der Waals surface area contributed by atoms with Crippen molar-refractivity contribution in [2.45, 2.75) is 168 Å². The Kier molecular flexibility index (Phi) is 10.2. The highest BCUT2D eigenvalue weighted by molar-refractivity contribution is 5.97. The molecule has 3 saturated heterocycles. The van der Waals surface area contributed by atoms with Crippen molar-refractivity contribution in [3.63, 3.8) is 0 Å². The van der Waals surface area contributed by atoms with E-state index in [0.29, 0.717) is 36.9 Å². The first-order chi connectivity index (χ1) is 26.2. The van der Waals surface area contributed by atoms with Gasteiger partial charge in [0.2, 0.25) is 0 Å². The van der Waals surface area contributed by atoms with Gasteiger partial charge in [-0.25, -0.2) is 19.2 Å². The summed E-state index contributed by atoms with van der Waals surface area (Å²) >= 11 is 0. The average molecular weight is 799 g/mol. The highest BCUT2D eigenvalue weighted by Crippen LogP contribution is 2.68. The molecule has 57 heavy (non-hydrogen) atoms. The van der Waals surface area contributed by atoms with Crippen LogP contribution in [-0.2, 0) is 28.5 Å². The summed E-state index contributed by atoms with van der Waals surface area (Å²) in [5, 5.41) is 9.92. The number of hydrogen-bond donors (Lipinski definition) is 1. The molecule has 1 aromatic rings. The van der Waals surface area contributed by atoms with Crippen molar-refractivity contribution >= 4 is 24.2 Å². The molecular formula is C43H62N2O12. The van der Waals surface area contributed by atoms with Gasteiger partial charge in [-0.05, 0) is 130 Å². The van der Waals surface area contributed by atoms with Crippen LogP contribution in [0.2, 0.25) is 0 Å². The van der Waals surface area contributed by atoms with Gasteiger partial charge in [0.25, 0.3) is 0 Å². The third-order valence-electron chi connectivity index (χ3n) is 12.8. The number of rotatable bonds is 8. The normalized spacial score (nSPS) is 33.4. The second kappa shape index (κ2) is 14.0. The van der Waals surface area contributed by atoms with Gasteiger partial charge in [-0.3, -0.25) is 9.80 Å². The van der Waals surface area contributed by atoms with E-state index >= 15 is 0 Å². The van der Waals surface area contributed by atoms with Crippen molar-refractivity contribution in [1.82, 2.24) is 9.80 Å². The molecule has 8 rings (SSSR count). The summed E-state index contributed by atoms with van der Waals surface area (Å²) in [6.07, 6.45) is 0.634. The molecule has 14 nitrogen and oxygen atoms in total. The molecule has 2 bridgehead atoms. The Morgan fingerprint density at radius 3 is 2.07 bits per heavy atom. The van der Waals surface area contributed by atoms with Crippen molar-refractivity contribution in [3.05, 3.63) is 23.3 Å². The Balaban J connectivity index is 1.13. The van der Waals surface area contributed by atoms with Crippen LogP contribution in [0.5, 0.6) is 11.5 Å². The van der Waals surface area contributed by atoms with E-state index in [9.17, 15) is 24.3 Å². The van der Waals surface area contributed by atoms with Crippen LogP contribution in [0.4, 0.5) is 9.59 Å². The fourth-order valence-electron chi connectivity index (χ4n) is 9.77. The molecule has 4 unspecified atom stereocenters. The van der Waals surface area contributed by atoms with Crippen molar-refractivity contribution in [2.75, 3.05) is 19.6 Å². The quantitative estimate of drug-likeness (QED) is 0.161. The highest BCUT2D eigenvalue weighted by Gasteiger charge is 2.69. The zero-order valence-corrected chi connectivity index (χ0v) is 35.6. The number of carboxylic acids is 1. The summed E-state index contributed by atoms with van der Waals surface area (Å²) in [7, 11) is 0. The lowest BCUT2D eigenvalue weighted by atomic mass is 9.43. The number of ether oxygens (including phenoxy) is 7. The van der Waals surface area contributed by atoms with E-state index in [-0.39, 0.29) is 71.1 Å². The molecule has 1 amide bonds. The van der Waals surface area contributed by atoms with Gasteiger partial charge >= 0.3 is 24.2 Å². The van der Waals surface area contributed by atoms with E-state index in [2.05, 4.69) is 25.7 Å². The molecule has 9 atom stereocenters. The van der Waals surface area contributed by atoms with E-state index in [0.717, 1.165) is 12.8 Å². The first-order valence-corrected chi connectivity index (χ1v) is 20.5. The van der Waals surface area contributed by atoms with E-state index in [1.54, 1.807) is 68.4 Å². The van der Waals surface area contributed by atoms with Crippen LogP contribution in [0.15, 0.2) is 12.1 Å². The maximum absolute atomic E-state index is 14.2. The molecular weight excluding hydrogens is 736 g/mol.